The second kappa shape index (κ2) is 7.23. The number of para-hydroxylation sites is 1. The Balaban J connectivity index is 1.88. The molecule has 0 bridgehead atoms. The molecule has 2 N–H and O–H groups in total. The molecule has 0 radical (unpaired) electrons. The first-order valence-corrected chi connectivity index (χ1v) is 6.81. The van der Waals surface area contributed by atoms with Crippen LogP contribution in [0.2, 0.25) is 0 Å². The van der Waals surface area contributed by atoms with Crippen LogP contribution in [-0.4, -0.2) is 34.7 Å². The number of hydrogen-bond acceptors (Lipinski definition) is 3. The summed E-state index contributed by atoms with van der Waals surface area (Å²) in [5.41, 5.74) is 1.73. The van der Waals surface area contributed by atoms with Crippen LogP contribution in [0.1, 0.15) is 12.5 Å². The van der Waals surface area contributed by atoms with Gasteiger partial charge >= 0.3 is 0 Å². The molecule has 6 heteroatoms. The van der Waals surface area contributed by atoms with Crippen LogP contribution in [0.15, 0.2) is 42.7 Å². The molecule has 2 aromatic rings. The molecule has 2 amide bonds. The summed E-state index contributed by atoms with van der Waals surface area (Å²) in [6, 6.07) is 9.66. The van der Waals surface area contributed by atoms with E-state index in [4.69, 9.17) is 0 Å². The van der Waals surface area contributed by atoms with Crippen molar-refractivity contribution in [3.05, 3.63) is 48.3 Å². The van der Waals surface area contributed by atoms with Crippen LogP contribution < -0.4 is 10.6 Å². The number of benzene rings is 1. The highest BCUT2D eigenvalue weighted by atomic mass is 16.2. The molecular formula is C15H18N4O2. The number of nitrogens with zero attached hydrogens (tertiary/aromatic N) is 2. The zero-order valence-electron chi connectivity index (χ0n) is 11.9. The van der Waals surface area contributed by atoms with E-state index in [0.29, 0.717) is 6.54 Å². The predicted molar refractivity (Wildman–Crippen MR) is 79.0 cm³/mol. The van der Waals surface area contributed by atoms with E-state index >= 15 is 0 Å². The lowest BCUT2D eigenvalue weighted by Gasteiger charge is -2.04. The minimum absolute atomic E-state index is 0.000500. The lowest BCUT2D eigenvalue weighted by Crippen LogP contribution is -2.37. The van der Waals surface area contributed by atoms with Crippen molar-refractivity contribution in [2.45, 2.75) is 13.3 Å². The molecule has 2 rings (SSSR count). The van der Waals surface area contributed by atoms with Crippen molar-refractivity contribution in [3.8, 4) is 5.69 Å². The minimum atomic E-state index is -0.200. The van der Waals surface area contributed by atoms with Crippen molar-refractivity contribution in [2.24, 2.45) is 0 Å². The molecule has 0 fully saturated rings. The molecule has 1 aromatic carbocycles. The van der Waals surface area contributed by atoms with Gasteiger partial charge in [0.25, 0.3) is 0 Å². The summed E-state index contributed by atoms with van der Waals surface area (Å²) in [5, 5.41) is 9.42. The summed E-state index contributed by atoms with van der Waals surface area (Å²) in [5.74, 6) is -0.389. The maximum Gasteiger partial charge on any atom is 0.239 e. The minimum Gasteiger partial charge on any atom is -0.355 e. The maximum atomic E-state index is 11.7. The second-order valence-corrected chi connectivity index (χ2v) is 4.54. The van der Waals surface area contributed by atoms with Crippen LogP contribution in [0.4, 0.5) is 0 Å². The van der Waals surface area contributed by atoms with Gasteiger partial charge in [-0.3, -0.25) is 9.59 Å². The molecule has 0 aliphatic rings. The van der Waals surface area contributed by atoms with Gasteiger partial charge in [-0.1, -0.05) is 18.2 Å². The first kappa shape index (κ1) is 14.8. The van der Waals surface area contributed by atoms with Gasteiger partial charge in [0.2, 0.25) is 11.8 Å². The highest BCUT2D eigenvalue weighted by Gasteiger charge is 2.08. The third-order valence-corrected chi connectivity index (χ3v) is 2.84. The molecule has 0 unspecified atom stereocenters. The number of amides is 2. The lowest BCUT2D eigenvalue weighted by molar-refractivity contribution is -0.125. The molecular weight excluding hydrogens is 268 g/mol. The van der Waals surface area contributed by atoms with Gasteiger partial charge in [-0.15, -0.1) is 0 Å². The van der Waals surface area contributed by atoms with E-state index < -0.39 is 0 Å². The average molecular weight is 286 g/mol. The second-order valence-electron chi connectivity index (χ2n) is 4.54. The van der Waals surface area contributed by atoms with Gasteiger partial charge in [-0.25, -0.2) is 4.68 Å². The fraction of sp³-hybridized carbons (Fsp3) is 0.267. The first-order valence-electron chi connectivity index (χ1n) is 6.81. The fourth-order valence-corrected chi connectivity index (χ4v) is 1.86. The van der Waals surface area contributed by atoms with E-state index in [1.807, 2.05) is 37.3 Å². The summed E-state index contributed by atoms with van der Waals surface area (Å²) in [6.45, 7) is 2.38. The topological polar surface area (TPSA) is 76.0 Å². The number of hydrogen-bond donors (Lipinski definition) is 2. The van der Waals surface area contributed by atoms with Gasteiger partial charge < -0.3 is 10.6 Å². The monoisotopic (exact) mass is 286 g/mol. The standard InChI is InChI=1S/C15H18N4O2/c1-2-16-15(21)10-17-14(20)8-12-9-18-19(11-12)13-6-4-3-5-7-13/h3-7,9,11H,2,8,10H2,1H3,(H,16,21)(H,17,20). The molecule has 0 spiro atoms. The summed E-state index contributed by atoms with van der Waals surface area (Å²) >= 11 is 0. The third-order valence-electron chi connectivity index (χ3n) is 2.84. The van der Waals surface area contributed by atoms with Crippen LogP contribution >= 0.6 is 0 Å². The van der Waals surface area contributed by atoms with Crippen LogP contribution in [0, 0.1) is 0 Å². The Morgan fingerprint density at radius 2 is 1.90 bits per heavy atom. The number of rotatable bonds is 6. The summed E-state index contributed by atoms with van der Waals surface area (Å²) in [6.07, 6.45) is 3.66. The van der Waals surface area contributed by atoms with E-state index in [-0.39, 0.29) is 24.8 Å². The summed E-state index contributed by atoms with van der Waals surface area (Å²) < 4.78 is 1.71. The fourth-order valence-electron chi connectivity index (χ4n) is 1.86. The van der Waals surface area contributed by atoms with Gasteiger partial charge in [0.15, 0.2) is 0 Å². The van der Waals surface area contributed by atoms with E-state index in [9.17, 15) is 9.59 Å². The SMILES string of the molecule is CCNC(=O)CNC(=O)Cc1cnn(-c2ccccc2)c1. The molecule has 21 heavy (non-hydrogen) atoms. The summed E-state index contributed by atoms with van der Waals surface area (Å²) in [7, 11) is 0. The molecule has 1 aromatic heterocycles. The molecule has 0 atom stereocenters. The van der Waals surface area contributed by atoms with Crippen LogP contribution in [-0.2, 0) is 16.0 Å². The number of carbonyl (C=O) groups is 2. The first-order chi connectivity index (χ1) is 10.2. The number of aromatic nitrogens is 2. The van der Waals surface area contributed by atoms with Gasteiger partial charge in [0.05, 0.1) is 24.8 Å². The number of nitrogens with one attached hydrogen (secondary N) is 2. The Labute approximate surface area is 123 Å². The summed E-state index contributed by atoms with van der Waals surface area (Å²) in [4.78, 5) is 23.0. The predicted octanol–water partition coefficient (Wildman–Crippen LogP) is 0.667. The highest BCUT2D eigenvalue weighted by molar-refractivity contribution is 5.85. The van der Waals surface area contributed by atoms with E-state index in [1.54, 1.807) is 17.1 Å². The van der Waals surface area contributed by atoms with Crippen molar-refractivity contribution in [1.29, 1.82) is 0 Å². The maximum absolute atomic E-state index is 11.7. The largest absolute Gasteiger partial charge is 0.355 e. The van der Waals surface area contributed by atoms with Crippen LogP contribution in [0.5, 0.6) is 0 Å². The Kier molecular flexibility index (Phi) is 5.09. The Bertz CT molecular complexity index is 607. The van der Waals surface area contributed by atoms with Crippen molar-refractivity contribution in [1.82, 2.24) is 20.4 Å². The molecule has 0 saturated heterocycles. The molecule has 0 saturated carbocycles. The van der Waals surface area contributed by atoms with Crippen molar-refractivity contribution < 1.29 is 9.59 Å². The molecule has 6 nitrogen and oxygen atoms in total. The quantitative estimate of drug-likeness (QED) is 0.819. The van der Waals surface area contributed by atoms with Gasteiger partial charge in [-0.2, -0.15) is 5.10 Å². The van der Waals surface area contributed by atoms with Crippen molar-refractivity contribution >= 4 is 11.8 Å². The smallest absolute Gasteiger partial charge is 0.239 e. The van der Waals surface area contributed by atoms with Gasteiger partial charge in [-0.05, 0) is 24.6 Å². The normalized spacial score (nSPS) is 10.1. The number of carbonyl (C=O) groups excluding carboxylic acids is 2. The molecule has 110 valence electrons. The van der Waals surface area contributed by atoms with Gasteiger partial charge in [0, 0.05) is 12.7 Å². The molecule has 1 heterocycles. The zero-order valence-corrected chi connectivity index (χ0v) is 11.9. The van der Waals surface area contributed by atoms with E-state index in [0.717, 1.165) is 11.3 Å². The molecule has 0 aliphatic heterocycles. The van der Waals surface area contributed by atoms with Crippen molar-refractivity contribution in [3.63, 3.8) is 0 Å². The Morgan fingerprint density at radius 3 is 2.62 bits per heavy atom. The lowest BCUT2D eigenvalue weighted by atomic mass is 10.2. The van der Waals surface area contributed by atoms with E-state index in [2.05, 4.69) is 15.7 Å². The van der Waals surface area contributed by atoms with Gasteiger partial charge in [0.1, 0.15) is 0 Å². The Morgan fingerprint density at radius 1 is 1.14 bits per heavy atom. The molecule has 0 aliphatic carbocycles. The third kappa shape index (κ3) is 4.45. The number of likely N-dealkylation sites (N-methyl/N-ethyl adjacent to an activating group) is 1. The average Bonchev–Trinajstić information content (AvgIpc) is 2.95. The zero-order chi connectivity index (χ0) is 15.1. The van der Waals surface area contributed by atoms with Crippen molar-refractivity contribution in [2.75, 3.05) is 13.1 Å². The van der Waals surface area contributed by atoms with E-state index in [1.165, 1.54) is 0 Å². The van der Waals surface area contributed by atoms with Crippen LogP contribution in [0.3, 0.4) is 0 Å². The highest BCUT2D eigenvalue weighted by Crippen LogP contribution is 2.07. The Hall–Kier alpha value is -2.63. The van der Waals surface area contributed by atoms with Crippen LogP contribution in [0.25, 0.3) is 5.69 Å².